The molecule has 0 aliphatic heterocycles. The number of primary amides is 1. The monoisotopic (exact) mass is 256 g/mol. The van der Waals surface area contributed by atoms with Crippen LogP contribution in [0.1, 0.15) is 21.5 Å². The van der Waals surface area contributed by atoms with E-state index in [0.29, 0.717) is 12.1 Å². The van der Waals surface area contributed by atoms with Gasteiger partial charge in [0, 0.05) is 23.9 Å². The third-order valence-electron chi connectivity index (χ3n) is 2.94. The first-order chi connectivity index (χ1) is 9.06. The van der Waals surface area contributed by atoms with E-state index in [1.54, 1.807) is 18.2 Å². The molecule has 0 saturated heterocycles. The highest BCUT2D eigenvalue weighted by Gasteiger charge is 2.01. The van der Waals surface area contributed by atoms with Crippen molar-refractivity contribution in [2.45, 2.75) is 13.5 Å². The van der Waals surface area contributed by atoms with Gasteiger partial charge in [-0.1, -0.05) is 18.2 Å². The average molecular weight is 256 g/mol. The van der Waals surface area contributed by atoms with Gasteiger partial charge in [0.1, 0.15) is 5.75 Å². The first-order valence-electron chi connectivity index (χ1n) is 5.98. The van der Waals surface area contributed by atoms with E-state index < -0.39 is 5.91 Å². The van der Waals surface area contributed by atoms with E-state index in [4.69, 9.17) is 5.73 Å². The number of aryl methyl sites for hydroxylation is 1. The van der Waals surface area contributed by atoms with E-state index in [0.717, 1.165) is 16.8 Å². The Labute approximate surface area is 111 Å². The van der Waals surface area contributed by atoms with Gasteiger partial charge in [0.05, 0.1) is 0 Å². The fourth-order valence-corrected chi connectivity index (χ4v) is 1.71. The second-order valence-corrected chi connectivity index (χ2v) is 4.42. The maximum atomic E-state index is 10.9. The molecule has 19 heavy (non-hydrogen) atoms. The number of carbonyl (C=O) groups is 1. The molecule has 0 unspecified atom stereocenters. The zero-order valence-corrected chi connectivity index (χ0v) is 10.7. The second-order valence-electron chi connectivity index (χ2n) is 4.42. The molecule has 1 amide bonds. The van der Waals surface area contributed by atoms with Crippen LogP contribution in [0.4, 0.5) is 5.69 Å². The zero-order valence-electron chi connectivity index (χ0n) is 10.7. The summed E-state index contributed by atoms with van der Waals surface area (Å²) in [6, 6.07) is 12.5. The molecule has 2 aromatic carbocycles. The average Bonchev–Trinajstić information content (AvgIpc) is 2.40. The van der Waals surface area contributed by atoms with Crippen molar-refractivity contribution in [3.63, 3.8) is 0 Å². The van der Waals surface area contributed by atoms with Gasteiger partial charge in [-0.05, 0) is 36.2 Å². The number of aromatic hydroxyl groups is 1. The van der Waals surface area contributed by atoms with Gasteiger partial charge in [-0.25, -0.2) is 0 Å². The molecular weight excluding hydrogens is 240 g/mol. The molecule has 0 radical (unpaired) electrons. The number of phenolic OH excluding ortho intramolecular Hbond substituents is 1. The minimum atomic E-state index is -0.428. The molecule has 0 saturated carbocycles. The van der Waals surface area contributed by atoms with E-state index in [9.17, 15) is 9.90 Å². The van der Waals surface area contributed by atoms with E-state index in [-0.39, 0.29) is 5.75 Å². The van der Waals surface area contributed by atoms with E-state index >= 15 is 0 Å². The van der Waals surface area contributed by atoms with Crippen LogP contribution in [0.3, 0.4) is 0 Å². The molecular formula is C15H16N2O2. The van der Waals surface area contributed by atoms with E-state index in [1.807, 2.05) is 31.2 Å². The minimum absolute atomic E-state index is 0.272. The van der Waals surface area contributed by atoms with Crippen molar-refractivity contribution in [3.05, 3.63) is 59.2 Å². The minimum Gasteiger partial charge on any atom is -0.508 e. The van der Waals surface area contributed by atoms with Crippen LogP contribution in [0.5, 0.6) is 5.75 Å². The summed E-state index contributed by atoms with van der Waals surface area (Å²) in [6.07, 6.45) is 0. The number of hydrogen-bond donors (Lipinski definition) is 3. The van der Waals surface area contributed by atoms with Crippen LogP contribution in [0.25, 0.3) is 0 Å². The number of nitrogens with two attached hydrogens (primary N) is 1. The summed E-state index contributed by atoms with van der Waals surface area (Å²) >= 11 is 0. The Morgan fingerprint density at radius 3 is 2.47 bits per heavy atom. The number of rotatable bonds is 4. The number of carbonyl (C=O) groups excluding carboxylic acids is 1. The first kappa shape index (κ1) is 13.0. The largest absolute Gasteiger partial charge is 0.508 e. The highest BCUT2D eigenvalue weighted by Crippen LogP contribution is 2.21. The van der Waals surface area contributed by atoms with Crippen LogP contribution in [0, 0.1) is 6.92 Å². The Morgan fingerprint density at radius 2 is 1.89 bits per heavy atom. The summed E-state index contributed by atoms with van der Waals surface area (Å²) in [7, 11) is 0. The fourth-order valence-electron chi connectivity index (χ4n) is 1.71. The van der Waals surface area contributed by atoms with Crippen LogP contribution >= 0.6 is 0 Å². The molecule has 0 aliphatic rings. The Bertz CT molecular complexity index is 592. The van der Waals surface area contributed by atoms with Crippen LogP contribution in [-0.2, 0) is 6.54 Å². The van der Waals surface area contributed by atoms with Crippen molar-refractivity contribution >= 4 is 11.6 Å². The predicted octanol–water partition coefficient (Wildman–Crippen LogP) is 2.41. The van der Waals surface area contributed by atoms with Gasteiger partial charge >= 0.3 is 0 Å². The van der Waals surface area contributed by atoms with Crippen LogP contribution in [0.15, 0.2) is 42.5 Å². The van der Waals surface area contributed by atoms with Crippen molar-refractivity contribution in [1.29, 1.82) is 0 Å². The normalized spacial score (nSPS) is 10.2. The molecule has 2 rings (SSSR count). The lowest BCUT2D eigenvalue weighted by molar-refractivity contribution is 0.100. The Balaban J connectivity index is 2.01. The number of amides is 1. The van der Waals surface area contributed by atoms with Gasteiger partial charge in [0.25, 0.3) is 0 Å². The Morgan fingerprint density at radius 1 is 1.21 bits per heavy atom. The van der Waals surface area contributed by atoms with Gasteiger partial charge in [-0.15, -0.1) is 0 Å². The van der Waals surface area contributed by atoms with Gasteiger partial charge in [-0.3, -0.25) is 4.79 Å². The lowest BCUT2D eigenvalue weighted by Crippen LogP contribution is -2.10. The van der Waals surface area contributed by atoms with E-state index in [1.165, 1.54) is 0 Å². The summed E-state index contributed by atoms with van der Waals surface area (Å²) < 4.78 is 0. The van der Waals surface area contributed by atoms with Gasteiger partial charge in [-0.2, -0.15) is 0 Å². The molecule has 4 heteroatoms. The predicted molar refractivity (Wildman–Crippen MR) is 75.1 cm³/mol. The molecule has 0 aliphatic carbocycles. The summed E-state index contributed by atoms with van der Waals surface area (Å²) in [4.78, 5) is 10.9. The lowest BCUT2D eigenvalue weighted by atomic mass is 10.1. The van der Waals surface area contributed by atoms with Crippen molar-refractivity contribution in [2.24, 2.45) is 5.73 Å². The SMILES string of the molecule is Cc1ccc(NCc2ccc(C(N)=O)cc2)cc1O. The highest BCUT2D eigenvalue weighted by atomic mass is 16.3. The second kappa shape index (κ2) is 5.44. The van der Waals surface area contributed by atoms with E-state index in [2.05, 4.69) is 5.32 Å². The maximum Gasteiger partial charge on any atom is 0.248 e. The molecule has 0 aromatic heterocycles. The quantitative estimate of drug-likeness (QED) is 0.786. The smallest absolute Gasteiger partial charge is 0.248 e. The van der Waals surface area contributed by atoms with Crippen LogP contribution in [-0.4, -0.2) is 11.0 Å². The molecule has 0 spiro atoms. The van der Waals surface area contributed by atoms with Crippen LogP contribution < -0.4 is 11.1 Å². The number of hydrogen-bond acceptors (Lipinski definition) is 3. The molecule has 0 fully saturated rings. The van der Waals surface area contributed by atoms with Gasteiger partial charge < -0.3 is 16.2 Å². The third-order valence-corrected chi connectivity index (χ3v) is 2.94. The Hall–Kier alpha value is -2.49. The van der Waals surface area contributed by atoms with Gasteiger partial charge in [0.2, 0.25) is 5.91 Å². The zero-order chi connectivity index (χ0) is 13.8. The molecule has 0 atom stereocenters. The molecule has 98 valence electrons. The molecule has 0 bridgehead atoms. The van der Waals surface area contributed by atoms with Crippen LogP contribution in [0.2, 0.25) is 0 Å². The number of nitrogens with one attached hydrogen (secondary N) is 1. The number of phenols is 1. The van der Waals surface area contributed by atoms with Gasteiger partial charge in [0.15, 0.2) is 0 Å². The summed E-state index contributed by atoms with van der Waals surface area (Å²) in [5.41, 5.74) is 8.40. The Kier molecular flexibility index (Phi) is 3.71. The number of benzene rings is 2. The maximum absolute atomic E-state index is 10.9. The third kappa shape index (κ3) is 3.25. The summed E-state index contributed by atoms with van der Waals surface area (Å²) in [6.45, 7) is 2.46. The topological polar surface area (TPSA) is 75.3 Å². The molecule has 4 N–H and O–H groups in total. The molecule has 4 nitrogen and oxygen atoms in total. The van der Waals surface area contributed by atoms with Crippen molar-refractivity contribution in [1.82, 2.24) is 0 Å². The molecule has 0 heterocycles. The first-order valence-corrected chi connectivity index (χ1v) is 5.98. The fraction of sp³-hybridized carbons (Fsp3) is 0.133. The highest BCUT2D eigenvalue weighted by molar-refractivity contribution is 5.92. The summed E-state index contributed by atoms with van der Waals surface area (Å²) in [5.74, 6) is -0.156. The van der Waals surface area contributed by atoms with Crippen molar-refractivity contribution in [2.75, 3.05) is 5.32 Å². The number of anilines is 1. The van der Waals surface area contributed by atoms with Crippen molar-refractivity contribution in [3.8, 4) is 5.75 Å². The van der Waals surface area contributed by atoms with Crippen molar-refractivity contribution < 1.29 is 9.90 Å². The summed E-state index contributed by atoms with van der Waals surface area (Å²) in [5, 5.41) is 12.8. The molecule has 2 aromatic rings. The standard InChI is InChI=1S/C15H16N2O2/c1-10-2-7-13(8-14(10)18)17-9-11-3-5-12(6-4-11)15(16)19/h2-8,17-18H,9H2,1H3,(H2,16,19). The lowest BCUT2D eigenvalue weighted by Gasteiger charge is -2.08.